The Morgan fingerprint density at radius 2 is 1.79 bits per heavy atom. The van der Waals surface area contributed by atoms with Crippen LogP contribution >= 0.6 is 11.8 Å². The number of amides is 1. The van der Waals surface area contributed by atoms with Crippen molar-refractivity contribution < 1.29 is 9.59 Å². The van der Waals surface area contributed by atoms with Crippen LogP contribution in [-0.4, -0.2) is 38.8 Å². The Balaban J connectivity index is 1.37. The Bertz CT molecular complexity index is 1000. The maximum Gasteiger partial charge on any atom is 0.234 e. The molecule has 1 aliphatic heterocycles. The number of hydrogen-bond acceptors (Lipinski definition) is 6. The van der Waals surface area contributed by atoms with Crippen LogP contribution in [0.15, 0.2) is 59.8 Å². The van der Waals surface area contributed by atoms with Gasteiger partial charge >= 0.3 is 0 Å². The molecule has 0 radical (unpaired) electrons. The number of ketones is 1. The fraction of sp³-hybridized carbons (Fsp3) is 0.200. The van der Waals surface area contributed by atoms with E-state index in [1.807, 2.05) is 34.9 Å². The lowest BCUT2D eigenvalue weighted by Crippen LogP contribution is -2.14. The van der Waals surface area contributed by atoms with Crippen LogP contribution in [0.5, 0.6) is 0 Å². The predicted octanol–water partition coefficient (Wildman–Crippen LogP) is 3.36. The molecular weight excluding hydrogens is 374 g/mol. The summed E-state index contributed by atoms with van der Waals surface area (Å²) in [6.07, 6.45) is 0. The number of para-hydroxylation sites is 1. The van der Waals surface area contributed by atoms with Gasteiger partial charge in [0.2, 0.25) is 11.9 Å². The fourth-order valence-electron chi connectivity index (χ4n) is 3.05. The molecule has 1 N–H and O–H groups in total. The smallest absolute Gasteiger partial charge is 0.234 e. The molecule has 4 rings (SSSR count). The molecule has 2 aromatic carbocycles. The highest BCUT2D eigenvalue weighted by atomic mass is 32.2. The topological polar surface area (TPSA) is 80.1 Å². The van der Waals surface area contributed by atoms with Crippen molar-refractivity contribution >= 4 is 40.8 Å². The number of benzene rings is 2. The Morgan fingerprint density at radius 3 is 2.50 bits per heavy atom. The van der Waals surface area contributed by atoms with Crippen molar-refractivity contribution in [3.63, 3.8) is 0 Å². The maximum absolute atomic E-state index is 12.2. The third-order valence-corrected chi connectivity index (χ3v) is 5.43. The molecule has 28 heavy (non-hydrogen) atoms. The number of hydrogen-bond donors (Lipinski definition) is 1. The number of thioether (sulfide) groups is 1. The lowest BCUT2D eigenvalue weighted by Gasteiger charge is -2.14. The van der Waals surface area contributed by atoms with Crippen LogP contribution < -0.4 is 10.2 Å². The Morgan fingerprint density at radius 1 is 1.04 bits per heavy atom. The molecule has 1 amide bonds. The summed E-state index contributed by atoms with van der Waals surface area (Å²) < 4.78 is 2.03. The van der Waals surface area contributed by atoms with Crippen molar-refractivity contribution in [1.29, 1.82) is 0 Å². The van der Waals surface area contributed by atoms with E-state index in [-0.39, 0.29) is 17.4 Å². The summed E-state index contributed by atoms with van der Waals surface area (Å²) in [7, 11) is 0. The first-order valence-electron chi connectivity index (χ1n) is 8.91. The summed E-state index contributed by atoms with van der Waals surface area (Å²) >= 11 is 1.36. The van der Waals surface area contributed by atoms with Gasteiger partial charge in [-0.15, -0.1) is 10.2 Å². The number of carbonyl (C=O) groups excluding carboxylic acids is 2. The zero-order valence-corrected chi connectivity index (χ0v) is 16.1. The molecule has 3 aromatic rings. The summed E-state index contributed by atoms with van der Waals surface area (Å²) in [5.41, 5.74) is 2.36. The molecule has 2 heterocycles. The molecule has 1 aliphatic rings. The van der Waals surface area contributed by atoms with E-state index in [0.717, 1.165) is 29.9 Å². The first-order valence-corrected chi connectivity index (χ1v) is 9.90. The highest BCUT2D eigenvalue weighted by molar-refractivity contribution is 7.99. The minimum atomic E-state index is -0.129. The van der Waals surface area contributed by atoms with Gasteiger partial charge < -0.3 is 10.2 Å². The second-order valence-corrected chi connectivity index (χ2v) is 7.33. The van der Waals surface area contributed by atoms with Crippen molar-refractivity contribution in [2.75, 3.05) is 22.5 Å². The number of carbonyl (C=O) groups is 2. The Labute approximate surface area is 166 Å². The number of rotatable bonds is 6. The van der Waals surface area contributed by atoms with Crippen LogP contribution in [-0.2, 0) is 11.3 Å². The third kappa shape index (κ3) is 3.77. The zero-order chi connectivity index (χ0) is 19.5. The lowest BCUT2D eigenvalue weighted by molar-refractivity contribution is -0.113. The third-order valence-electron chi connectivity index (χ3n) is 4.46. The van der Waals surface area contributed by atoms with E-state index in [0.29, 0.717) is 11.3 Å². The second-order valence-electron chi connectivity index (χ2n) is 6.39. The second kappa shape index (κ2) is 7.85. The van der Waals surface area contributed by atoms with Crippen molar-refractivity contribution in [3.8, 4) is 0 Å². The van der Waals surface area contributed by atoms with Crippen molar-refractivity contribution in [2.24, 2.45) is 0 Å². The van der Waals surface area contributed by atoms with E-state index in [1.54, 1.807) is 24.3 Å². The quantitative estimate of drug-likeness (QED) is 0.511. The molecule has 0 saturated carbocycles. The molecule has 0 bridgehead atoms. The van der Waals surface area contributed by atoms with E-state index in [9.17, 15) is 9.59 Å². The lowest BCUT2D eigenvalue weighted by atomic mass is 10.1. The first kappa shape index (κ1) is 18.2. The van der Waals surface area contributed by atoms with Crippen LogP contribution in [0.1, 0.15) is 17.3 Å². The molecular formula is C20H19N5O2S. The highest BCUT2D eigenvalue weighted by Gasteiger charge is 2.26. The van der Waals surface area contributed by atoms with Gasteiger partial charge in [-0.2, -0.15) is 0 Å². The molecule has 0 unspecified atom stereocenters. The zero-order valence-electron chi connectivity index (χ0n) is 15.3. The highest BCUT2D eigenvalue weighted by Crippen LogP contribution is 2.31. The number of Topliss-reactive ketones (excluding diaryl/α,β-unsaturated/α-hetero) is 1. The number of anilines is 3. The van der Waals surface area contributed by atoms with Crippen LogP contribution in [0.3, 0.4) is 0 Å². The van der Waals surface area contributed by atoms with Gasteiger partial charge in [0, 0.05) is 30.0 Å². The van der Waals surface area contributed by atoms with Crippen LogP contribution in [0.4, 0.5) is 17.3 Å². The SMILES string of the molecule is CC(=O)c1ccc(NC(=O)CSc2nnc3n2CCN3c2ccccc2)cc1. The van der Waals surface area contributed by atoms with Crippen LogP contribution in [0, 0.1) is 0 Å². The molecule has 0 saturated heterocycles. The predicted molar refractivity (Wildman–Crippen MR) is 109 cm³/mol. The molecule has 0 fully saturated rings. The van der Waals surface area contributed by atoms with Crippen LogP contribution in [0.2, 0.25) is 0 Å². The van der Waals surface area contributed by atoms with Gasteiger partial charge in [-0.3, -0.25) is 14.2 Å². The number of fused-ring (bicyclic) bond motifs is 1. The minimum Gasteiger partial charge on any atom is -0.325 e. The van der Waals surface area contributed by atoms with E-state index >= 15 is 0 Å². The molecule has 8 heteroatoms. The average Bonchev–Trinajstić information content (AvgIpc) is 3.30. The first-order chi connectivity index (χ1) is 13.6. The minimum absolute atomic E-state index is 0.00126. The number of nitrogens with one attached hydrogen (secondary N) is 1. The molecule has 7 nitrogen and oxygen atoms in total. The molecule has 1 aromatic heterocycles. The largest absolute Gasteiger partial charge is 0.325 e. The molecule has 142 valence electrons. The Kier molecular flexibility index (Phi) is 5.12. The van der Waals surface area contributed by atoms with Crippen LogP contribution in [0.25, 0.3) is 0 Å². The standard InChI is InChI=1S/C20H19N5O2S/c1-14(26)15-7-9-16(10-8-15)21-18(27)13-28-20-23-22-19-24(11-12-25(19)20)17-5-3-2-4-6-17/h2-10H,11-13H2,1H3,(H,21,27). The molecule has 0 aliphatic carbocycles. The summed E-state index contributed by atoms with van der Waals surface area (Å²) in [6.45, 7) is 3.13. The van der Waals surface area contributed by atoms with Gasteiger partial charge in [0.25, 0.3) is 0 Å². The Hall–Kier alpha value is -3.13. The van der Waals surface area contributed by atoms with Crippen molar-refractivity contribution in [1.82, 2.24) is 14.8 Å². The van der Waals surface area contributed by atoms with Gasteiger partial charge in [0.05, 0.1) is 5.75 Å². The number of aromatic nitrogens is 3. The number of nitrogens with zero attached hydrogens (tertiary/aromatic N) is 4. The van der Waals surface area contributed by atoms with Gasteiger partial charge in [-0.25, -0.2) is 0 Å². The van der Waals surface area contributed by atoms with E-state index in [1.165, 1.54) is 18.7 Å². The molecule has 0 spiro atoms. The van der Waals surface area contributed by atoms with E-state index < -0.39 is 0 Å². The summed E-state index contributed by atoms with van der Waals surface area (Å²) in [4.78, 5) is 25.7. The van der Waals surface area contributed by atoms with Crippen molar-refractivity contribution in [2.45, 2.75) is 18.6 Å². The van der Waals surface area contributed by atoms with E-state index in [2.05, 4.69) is 20.4 Å². The summed E-state index contributed by atoms with van der Waals surface area (Å²) in [5, 5.41) is 12.1. The fourth-order valence-corrected chi connectivity index (χ4v) is 3.81. The van der Waals surface area contributed by atoms with Crippen molar-refractivity contribution in [3.05, 3.63) is 60.2 Å². The van der Waals surface area contributed by atoms with Gasteiger partial charge in [-0.1, -0.05) is 30.0 Å². The van der Waals surface area contributed by atoms with Gasteiger partial charge in [0.15, 0.2) is 10.9 Å². The maximum atomic E-state index is 12.2. The van der Waals surface area contributed by atoms with E-state index in [4.69, 9.17) is 0 Å². The molecule has 0 atom stereocenters. The monoisotopic (exact) mass is 393 g/mol. The normalized spacial score (nSPS) is 12.7. The van der Waals surface area contributed by atoms with Gasteiger partial charge in [-0.05, 0) is 43.3 Å². The average molecular weight is 393 g/mol. The summed E-state index contributed by atoms with van der Waals surface area (Å²) in [6, 6.07) is 16.9. The summed E-state index contributed by atoms with van der Waals surface area (Å²) in [5.74, 6) is 0.904. The van der Waals surface area contributed by atoms with Gasteiger partial charge in [0.1, 0.15) is 0 Å².